The van der Waals surface area contributed by atoms with Gasteiger partial charge in [-0.15, -0.1) is 0 Å². The van der Waals surface area contributed by atoms with E-state index < -0.39 is 0 Å². The Morgan fingerprint density at radius 3 is 2.68 bits per heavy atom. The number of rotatable bonds is 4. The highest BCUT2D eigenvalue weighted by Gasteiger charge is 2.23. The lowest BCUT2D eigenvalue weighted by molar-refractivity contribution is 0.455. The largest absolute Gasteiger partial charge is 0.358 e. The van der Waals surface area contributed by atoms with Gasteiger partial charge in [0.15, 0.2) is 0 Å². The normalized spacial score (nSPS) is 17.4. The Morgan fingerprint density at radius 2 is 1.88 bits per heavy atom. The fourth-order valence-electron chi connectivity index (χ4n) is 5.48. The fraction of sp³-hybridized carbons (Fsp3) is 0.385. The smallest absolute Gasteiger partial charge is 0.270 e. The number of anilines is 2. The summed E-state index contributed by atoms with van der Waals surface area (Å²) in [7, 11) is 0. The number of nitrogens with zero attached hydrogens (tertiary/aromatic N) is 4. The van der Waals surface area contributed by atoms with Gasteiger partial charge in [-0.25, -0.2) is 4.98 Å². The summed E-state index contributed by atoms with van der Waals surface area (Å²) in [6.07, 6.45) is 8.03. The van der Waals surface area contributed by atoms with Gasteiger partial charge in [-0.2, -0.15) is 10.2 Å². The summed E-state index contributed by atoms with van der Waals surface area (Å²) < 4.78 is 1.72. The van der Waals surface area contributed by atoms with Crippen LogP contribution in [-0.4, -0.2) is 32.6 Å². The molecule has 4 heterocycles. The van der Waals surface area contributed by atoms with Crippen molar-refractivity contribution in [3.8, 4) is 6.07 Å². The maximum Gasteiger partial charge on any atom is 0.270 e. The first kappa shape index (κ1) is 20.9. The molecule has 0 amide bonds. The minimum Gasteiger partial charge on any atom is -0.358 e. The Bertz CT molecular complexity index is 1470. The minimum absolute atomic E-state index is 0.0793. The van der Waals surface area contributed by atoms with Crippen molar-refractivity contribution in [2.45, 2.75) is 50.5 Å². The van der Waals surface area contributed by atoms with Gasteiger partial charge in [0, 0.05) is 45.8 Å². The third-order valence-corrected chi connectivity index (χ3v) is 7.26. The molecule has 1 aliphatic carbocycles. The van der Waals surface area contributed by atoms with Crippen molar-refractivity contribution < 1.29 is 0 Å². The summed E-state index contributed by atoms with van der Waals surface area (Å²) in [6.45, 7) is 2.13. The number of hydrogen-bond acceptors (Lipinski definition) is 6. The zero-order chi connectivity index (χ0) is 23.1. The third-order valence-electron chi connectivity index (χ3n) is 7.26. The third kappa shape index (κ3) is 3.72. The average molecular weight is 454 g/mol. The van der Waals surface area contributed by atoms with E-state index in [9.17, 15) is 10.1 Å². The Kier molecular flexibility index (Phi) is 5.27. The molecule has 34 heavy (non-hydrogen) atoms. The molecule has 8 nitrogen and oxygen atoms in total. The van der Waals surface area contributed by atoms with Gasteiger partial charge >= 0.3 is 0 Å². The number of fused-ring (bicyclic) bond motifs is 2. The van der Waals surface area contributed by atoms with Gasteiger partial charge in [-0.3, -0.25) is 9.36 Å². The van der Waals surface area contributed by atoms with Gasteiger partial charge in [0.25, 0.3) is 5.56 Å². The summed E-state index contributed by atoms with van der Waals surface area (Å²) in [6, 6.07) is 12.2. The van der Waals surface area contributed by atoms with Crippen LogP contribution in [-0.2, 0) is 0 Å². The van der Waals surface area contributed by atoms with E-state index in [0.717, 1.165) is 68.2 Å². The molecule has 1 saturated carbocycles. The molecule has 1 aromatic carbocycles. The number of pyridine rings is 1. The quantitative estimate of drug-likeness (QED) is 0.420. The molecule has 2 fully saturated rings. The number of H-pyrrole nitrogens is 1. The summed E-state index contributed by atoms with van der Waals surface area (Å²) in [4.78, 5) is 25.8. The molecule has 3 aromatic heterocycles. The van der Waals surface area contributed by atoms with Gasteiger partial charge in [-0.05, 0) is 69.1 Å². The van der Waals surface area contributed by atoms with E-state index in [-0.39, 0.29) is 17.2 Å². The topological polar surface area (TPSA) is 111 Å². The van der Waals surface area contributed by atoms with Gasteiger partial charge in [0.2, 0.25) is 5.95 Å². The highest BCUT2D eigenvalue weighted by molar-refractivity contribution is 5.85. The highest BCUT2D eigenvalue weighted by Crippen LogP contribution is 2.32. The predicted octanol–water partition coefficient (Wildman–Crippen LogP) is 4.47. The van der Waals surface area contributed by atoms with Crippen molar-refractivity contribution in [3.63, 3.8) is 0 Å². The Balaban J connectivity index is 1.35. The molecule has 172 valence electrons. The van der Waals surface area contributed by atoms with E-state index in [1.807, 2.05) is 12.1 Å². The van der Waals surface area contributed by atoms with Crippen LogP contribution in [0.1, 0.15) is 61.7 Å². The van der Waals surface area contributed by atoms with Crippen LogP contribution in [0.5, 0.6) is 0 Å². The van der Waals surface area contributed by atoms with E-state index in [2.05, 4.69) is 38.8 Å². The van der Waals surface area contributed by atoms with Gasteiger partial charge < -0.3 is 15.6 Å². The lowest BCUT2D eigenvalue weighted by Crippen LogP contribution is -2.26. The SMILES string of the molecule is N#Cc1cc2cnc(Nc3ccc4[nH]c(C5CCNCC5)cc4c3)nc2n(C2CCCC2)c1=O. The lowest BCUT2D eigenvalue weighted by atomic mass is 9.95. The molecule has 1 saturated heterocycles. The number of nitrogens with one attached hydrogen (secondary N) is 3. The fourth-order valence-corrected chi connectivity index (χ4v) is 5.48. The van der Waals surface area contributed by atoms with Crippen LogP contribution < -0.4 is 16.2 Å². The van der Waals surface area contributed by atoms with E-state index in [1.54, 1.807) is 16.8 Å². The van der Waals surface area contributed by atoms with Crippen molar-refractivity contribution in [2.75, 3.05) is 18.4 Å². The molecule has 2 aliphatic rings. The van der Waals surface area contributed by atoms with Gasteiger partial charge in [0.1, 0.15) is 17.3 Å². The van der Waals surface area contributed by atoms with E-state index in [4.69, 9.17) is 4.98 Å². The average Bonchev–Trinajstić information content (AvgIpc) is 3.54. The van der Waals surface area contributed by atoms with Crippen molar-refractivity contribution in [2.24, 2.45) is 0 Å². The zero-order valence-corrected chi connectivity index (χ0v) is 19.0. The number of hydrogen-bond donors (Lipinski definition) is 3. The second-order valence-electron chi connectivity index (χ2n) is 9.43. The molecule has 0 atom stereocenters. The van der Waals surface area contributed by atoms with Crippen molar-refractivity contribution >= 4 is 33.6 Å². The van der Waals surface area contributed by atoms with Crippen molar-refractivity contribution in [1.29, 1.82) is 5.26 Å². The molecule has 3 N–H and O–H groups in total. The molecule has 0 radical (unpaired) electrons. The minimum atomic E-state index is -0.259. The molecule has 1 aliphatic heterocycles. The first-order valence-electron chi connectivity index (χ1n) is 12.1. The molecule has 4 aromatic rings. The predicted molar refractivity (Wildman–Crippen MR) is 132 cm³/mol. The number of nitriles is 1. The maximum absolute atomic E-state index is 13.0. The maximum atomic E-state index is 13.0. The molecule has 0 bridgehead atoms. The van der Waals surface area contributed by atoms with E-state index in [0.29, 0.717) is 22.9 Å². The first-order valence-corrected chi connectivity index (χ1v) is 12.1. The van der Waals surface area contributed by atoms with Gasteiger partial charge in [-0.1, -0.05) is 12.8 Å². The monoisotopic (exact) mass is 453 g/mol. The van der Waals surface area contributed by atoms with E-state index >= 15 is 0 Å². The van der Waals surface area contributed by atoms with Crippen LogP contribution in [0.4, 0.5) is 11.6 Å². The van der Waals surface area contributed by atoms with Crippen LogP contribution in [0.3, 0.4) is 0 Å². The second kappa shape index (κ2) is 8.58. The van der Waals surface area contributed by atoms with Crippen LogP contribution in [0.25, 0.3) is 21.9 Å². The second-order valence-corrected chi connectivity index (χ2v) is 9.43. The first-order chi connectivity index (χ1) is 16.7. The van der Waals surface area contributed by atoms with Crippen LogP contribution in [0.2, 0.25) is 0 Å². The van der Waals surface area contributed by atoms with Crippen LogP contribution in [0.15, 0.2) is 41.3 Å². The molecular weight excluding hydrogens is 426 g/mol. The summed E-state index contributed by atoms with van der Waals surface area (Å²) in [5.74, 6) is 1.01. The summed E-state index contributed by atoms with van der Waals surface area (Å²) >= 11 is 0. The molecule has 6 rings (SSSR count). The number of aromatic amines is 1. The molecule has 0 unspecified atom stereocenters. The standard InChI is InChI=1S/C26H27N7O/c27-14-18-11-19-15-29-26(32-24(19)33(25(18)34)21-3-1-2-4-21)30-20-5-6-22-17(12-20)13-23(31-22)16-7-9-28-10-8-16/h5-6,11-13,15-16,21,28,31H,1-4,7-10H2,(H,29,30,32). The van der Waals surface area contributed by atoms with Crippen molar-refractivity contribution in [1.82, 2.24) is 24.8 Å². The van der Waals surface area contributed by atoms with Crippen LogP contribution >= 0.6 is 0 Å². The highest BCUT2D eigenvalue weighted by atomic mass is 16.1. The Morgan fingerprint density at radius 1 is 1.06 bits per heavy atom. The molecular formula is C26H27N7O. The van der Waals surface area contributed by atoms with Gasteiger partial charge in [0.05, 0.1) is 0 Å². The number of piperidine rings is 1. The Hall–Kier alpha value is -3.70. The van der Waals surface area contributed by atoms with Crippen LogP contribution in [0, 0.1) is 11.3 Å². The number of aromatic nitrogens is 4. The Labute approximate surface area is 197 Å². The molecule has 8 heteroatoms. The summed E-state index contributed by atoms with van der Waals surface area (Å²) in [5, 5.41) is 18.0. The summed E-state index contributed by atoms with van der Waals surface area (Å²) in [5.41, 5.74) is 3.79. The molecule has 0 spiro atoms. The van der Waals surface area contributed by atoms with E-state index in [1.165, 1.54) is 5.69 Å². The lowest BCUT2D eigenvalue weighted by Gasteiger charge is -2.21. The zero-order valence-electron chi connectivity index (χ0n) is 19.0. The van der Waals surface area contributed by atoms with Crippen molar-refractivity contribution in [3.05, 3.63) is 58.1 Å². The number of benzene rings is 1.